The first-order valence-electron chi connectivity index (χ1n) is 5.76. The molecule has 0 aliphatic rings. The highest BCUT2D eigenvalue weighted by atomic mass is 16.5. The molecule has 1 aromatic rings. The summed E-state index contributed by atoms with van der Waals surface area (Å²) in [5.41, 5.74) is -0.0957. The number of carbonyl (C=O) groups excluding carboxylic acids is 1. The maximum absolute atomic E-state index is 11.5. The van der Waals surface area contributed by atoms with Gasteiger partial charge in [0.1, 0.15) is 5.60 Å². The van der Waals surface area contributed by atoms with Crippen molar-refractivity contribution >= 4 is 12.0 Å². The second kappa shape index (κ2) is 6.93. The summed E-state index contributed by atoms with van der Waals surface area (Å²) in [6, 6.07) is 9.54. The third-order valence-electron chi connectivity index (χ3n) is 2.33. The van der Waals surface area contributed by atoms with Gasteiger partial charge in [-0.2, -0.15) is 0 Å². The first-order valence-corrected chi connectivity index (χ1v) is 5.76. The summed E-state index contributed by atoms with van der Waals surface area (Å²) in [5.74, 6) is -0.241. The minimum absolute atomic E-state index is 0.152. The number of amides is 1. The monoisotopic (exact) mass is 249 g/mol. The van der Waals surface area contributed by atoms with E-state index in [1.54, 1.807) is 13.0 Å². The lowest BCUT2D eigenvalue weighted by Gasteiger charge is -2.21. The second-order valence-corrected chi connectivity index (χ2v) is 4.39. The SMILES string of the molecule is COCC(C)(O)CNC(=O)/C=C/c1ccccc1. The van der Waals surface area contributed by atoms with Crippen LogP contribution in [-0.4, -0.2) is 36.9 Å². The number of aliphatic hydroxyl groups is 1. The average molecular weight is 249 g/mol. The Morgan fingerprint density at radius 3 is 2.72 bits per heavy atom. The first-order chi connectivity index (χ1) is 8.53. The smallest absolute Gasteiger partial charge is 0.244 e. The molecule has 0 saturated carbocycles. The lowest BCUT2D eigenvalue weighted by molar-refractivity contribution is -0.118. The summed E-state index contributed by atoms with van der Waals surface area (Å²) in [7, 11) is 1.51. The molecule has 1 unspecified atom stereocenters. The Kier molecular flexibility index (Phi) is 5.55. The molecule has 18 heavy (non-hydrogen) atoms. The number of rotatable bonds is 6. The van der Waals surface area contributed by atoms with Gasteiger partial charge in [-0.05, 0) is 18.6 Å². The minimum atomic E-state index is -1.05. The van der Waals surface area contributed by atoms with Gasteiger partial charge in [-0.15, -0.1) is 0 Å². The van der Waals surface area contributed by atoms with Crippen LogP contribution in [0.3, 0.4) is 0 Å². The van der Waals surface area contributed by atoms with E-state index in [2.05, 4.69) is 5.32 Å². The van der Waals surface area contributed by atoms with Crippen LogP contribution in [0.4, 0.5) is 0 Å². The molecule has 4 nitrogen and oxygen atoms in total. The first kappa shape index (κ1) is 14.4. The fraction of sp³-hybridized carbons (Fsp3) is 0.357. The molecule has 0 bridgehead atoms. The largest absolute Gasteiger partial charge is 0.386 e. The minimum Gasteiger partial charge on any atom is -0.386 e. The summed E-state index contributed by atoms with van der Waals surface area (Å²) in [5, 5.41) is 12.4. The van der Waals surface area contributed by atoms with Gasteiger partial charge >= 0.3 is 0 Å². The van der Waals surface area contributed by atoms with E-state index in [4.69, 9.17) is 4.74 Å². The molecule has 98 valence electrons. The molecule has 1 aromatic carbocycles. The van der Waals surface area contributed by atoms with E-state index in [0.717, 1.165) is 5.56 Å². The van der Waals surface area contributed by atoms with Crippen LogP contribution in [0.25, 0.3) is 6.08 Å². The summed E-state index contributed by atoms with van der Waals surface area (Å²) in [4.78, 5) is 11.5. The summed E-state index contributed by atoms with van der Waals surface area (Å²) in [6.07, 6.45) is 3.17. The molecule has 0 aliphatic carbocycles. The number of carbonyl (C=O) groups is 1. The lowest BCUT2D eigenvalue weighted by Crippen LogP contribution is -2.43. The molecular weight excluding hydrogens is 230 g/mol. The van der Waals surface area contributed by atoms with Crippen molar-refractivity contribution in [1.82, 2.24) is 5.32 Å². The predicted octanol–water partition coefficient (Wildman–Crippen LogP) is 1.21. The quantitative estimate of drug-likeness (QED) is 0.745. The van der Waals surface area contributed by atoms with Gasteiger partial charge in [0.15, 0.2) is 0 Å². The molecule has 0 radical (unpaired) electrons. The molecule has 0 saturated heterocycles. The molecule has 0 aliphatic heterocycles. The van der Waals surface area contributed by atoms with Crippen molar-refractivity contribution < 1.29 is 14.6 Å². The maximum Gasteiger partial charge on any atom is 0.244 e. The van der Waals surface area contributed by atoms with Gasteiger partial charge < -0.3 is 15.2 Å². The van der Waals surface area contributed by atoms with Crippen molar-refractivity contribution in [3.63, 3.8) is 0 Å². The average Bonchev–Trinajstić information content (AvgIpc) is 2.35. The molecule has 1 amide bonds. The summed E-state index contributed by atoms with van der Waals surface area (Å²) < 4.78 is 4.85. The van der Waals surface area contributed by atoms with Crippen LogP contribution in [0.15, 0.2) is 36.4 Å². The van der Waals surface area contributed by atoms with E-state index in [9.17, 15) is 9.90 Å². The lowest BCUT2D eigenvalue weighted by atomic mass is 10.1. The Labute approximate surface area is 107 Å². The standard InChI is InChI=1S/C14H19NO3/c1-14(17,11-18-2)10-15-13(16)9-8-12-6-4-3-5-7-12/h3-9,17H,10-11H2,1-2H3,(H,15,16)/b9-8+. The van der Waals surface area contributed by atoms with Gasteiger partial charge in [0.2, 0.25) is 5.91 Å². The topological polar surface area (TPSA) is 58.6 Å². The molecule has 0 spiro atoms. The van der Waals surface area contributed by atoms with Crippen LogP contribution in [0, 0.1) is 0 Å². The molecule has 4 heteroatoms. The van der Waals surface area contributed by atoms with E-state index in [1.165, 1.54) is 13.2 Å². The van der Waals surface area contributed by atoms with Crippen molar-refractivity contribution in [2.45, 2.75) is 12.5 Å². The fourth-order valence-corrected chi connectivity index (χ4v) is 1.43. The van der Waals surface area contributed by atoms with Crippen molar-refractivity contribution in [1.29, 1.82) is 0 Å². The van der Waals surface area contributed by atoms with Crippen LogP contribution in [0.5, 0.6) is 0 Å². The molecular formula is C14H19NO3. The van der Waals surface area contributed by atoms with Crippen LogP contribution in [-0.2, 0) is 9.53 Å². The van der Waals surface area contributed by atoms with Gasteiger partial charge in [-0.25, -0.2) is 0 Å². The Balaban J connectivity index is 2.41. The molecule has 1 atom stereocenters. The Morgan fingerprint density at radius 1 is 1.44 bits per heavy atom. The van der Waals surface area contributed by atoms with E-state index in [0.29, 0.717) is 0 Å². The Morgan fingerprint density at radius 2 is 2.11 bits per heavy atom. The van der Waals surface area contributed by atoms with Crippen LogP contribution >= 0.6 is 0 Å². The summed E-state index contributed by atoms with van der Waals surface area (Å²) in [6.45, 7) is 1.94. The Hall–Kier alpha value is -1.65. The second-order valence-electron chi connectivity index (χ2n) is 4.39. The van der Waals surface area contributed by atoms with E-state index in [1.807, 2.05) is 30.3 Å². The van der Waals surface area contributed by atoms with E-state index in [-0.39, 0.29) is 19.1 Å². The van der Waals surface area contributed by atoms with E-state index < -0.39 is 5.60 Å². The van der Waals surface area contributed by atoms with Crippen LogP contribution in [0.1, 0.15) is 12.5 Å². The zero-order valence-corrected chi connectivity index (χ0v) is 10.7. The van der Waals surface area contributed by atoms with Gasteiger partial charge in [0, 0.05) is 19.7 Å². The van der Waals surface area contributed by atoms with Gasteiger partial charge in [0.05, 0.1) is 6.61 Å². The maximum atomic E-state index is 11.5. The normalized spacial score (nSPS) is 14.4. The van der Waals surface area contributed by atoms with Crippen molar-refractivity contribution in [2.24, 2.45) is 0 Å². The number of ether oxygens (including phenoxy) is 1. The number of hydrogen-bond acceptors (Lipinski definition) is 3. The third-order valence-corrected chi connectivity index (χ3v) is 2.33. The number of methoxy groups -OCH3 is 1. The van der Waals surface area contributed by atoms with Crippen molar-refractivity contribution in [2.75, 3.05) is 20.3 Å². The zero-order valence-electron chi connectivity index (χ0n) is 10.7. The van der Waals surface area contributed by atoms with Crippen molar-refractivity contribution in [3.05, 3.63) is 42.0 Å². The molecule has 0 fully saturated rings. The van der Waals surface area contributed by atoms with Gasteiger partial charge in [-0.3, -0.25) is 4.79 Å². The zero-order chi connectivity index (χ0) is 13.4. The number of nitrogens with one attached hydrogen (secondary N) is 1. The number of hydrogen-bond donors (Lipinski definition) is 2. The Bertz CT molecular complexity index is 399. The molecule has 0 heterocycles. The van der Waals surface area contributed by atoms with Crippen molar-refractivity contribution in [3.8, 4) is 0 Å². The van der Waals surface area contributed by atoms with Crippen LogP contribution in [0.2, 0.25) is 0 Å². The highest BCUT2D eigenvalue weighted by Crippen LogP contribution is 2.02. The summed E-state index contributed by atoms with van der Waals surface area (Å²) >= 11 is 0. The fourth-order valence-electron chi connectivity index (χ4n) is 1.43. The predicted molar refractivity (Wildman–Crippen MR) is 71.0 cm³/mol. The van der Waals surface area contributed by atoms with Gasteiger partial charge in [0.25, 0.3) is 0 Å². The van der Waals surface area contributed by atoms with E-state index >= 15 is 0 Å². The molecule has 2 N–H and O–H groups in total. The van der Waals surface area contributed by atoms with Gasteiger partial charge in [-0.1, -0.05) is 30.3 Å². The van der Waals surface area contributed by atoms with Crippen LogP contribution < -0.4 is 5.32 Å². The highest BCUT2D eigenvalue weighted by Gasteiger charge is 2.20. The molecule has 0 aromatic heterocycles. The highest BCUT2D eigenvalue weighted by molar-refractivity contribution is 5.91. The molecule has 1 rings (SSSR count). The number of benzene rings is 1. The third kappa shape index (κ3) is 5.61.